The van der Waals surface area contributed by atoms with Crippen LogP contribution in [0.25, 0.3) is 0 Å². The van der Waals surface area contributed by atoms with Gasteiger partial charge in [-0.15, -0.1) is 0 Å². The Kier molecular flexibility index (Phi) is 4.94. The summed E-state index contributed by atoms with van der Waals surface area (Å²) in [6.45, 7) is 5.15. The van der Waals surface area contributed by atoms with Crippen LogP contribution in [0, 0.1) is 5.92 Å². The number of rotatable bonds is 5. The molecule has 0 spiro atoms. The number of hydrogen-bond acceptors (Lipinski definition) is 2. The monoisotopic (exact) mass is 257 g/mol. The van der Waals surface area contributed by atoms with Crippen molar-refractivity contribution >= 4 is 15.9 Å². The van der Waals surface area contributed by atoms with E-state index in [0.717, 1.165) is 29.8 Å². The normalized spacial score (nSPS) is 10.6. The molecular weight excluding hydrogens is 242 g/mol. The van der Waals surface area contributed by atoms with Crippen LogP contribution in [0.2, 0.25) is 0 Å². The van der Waals surface area contributed by atoms with Crippen LogP contribution in [0.1, 0.15) is 26.0 Å². The smallest absolute Gasteiger partial charge is 0.137 e. The summed E-state index contributed by atoms with van der Waals surface area (Å²) in [5.41, 5.74) is 1.03. The number of pyridine rings is 1. The van der Waals surface area contributed by atoms with Gasteiger partial charge in [-0.2, -0.15) is 0 Å². The first-order valence-electron chi connectivity index (χ1n) is 4.86. The van der Waals surface area contributed by atoms with E-state index in [1.54, 1.807) is 6.20 Å². The maximum Gasteiger partial charge on any atom is 0.137 e. The molecule has 1 aromatic heterocycles. The van der Waals surface area contributed by atoms with E-state index in [1.165, 1.54) is 0 Å². The zero-order valence-electron chi connectivity index (χ0n) is 8.66. The van der Waals surface area contributed by atoms with Crippen molar-refractivity contribution in [2.75, 3.05) is 6.61 Å². The molecule has 78 valence electrons. The van der Waals surface area contributed by atoms with E-state index in [9.17, 15) is 0 Å². The Morgan fingerprint density at radius 2 is 2.21 bits per heavy atom. The van der Waals surface area contributed by atoms with Gasteiger partial charge >= 0.3 is 0 Å². The first-order valence-corrected chi connectivity index (χ1v) is 5.98. The van der Waals surface area contributed by atoms with Crippen molar-refractivity contribution in [1.82, 2.24) is 4.98 Å². The van der Waals surface area contributed by atoms with Crippen LogP contribution in [0.5, 0.6) is 5.75 Å². The van der Waals surface area contributed by atoms with Gasteiger partial charge in [-0.1, -0.05) is 29.8 Å². The molecule has 0 atom stereocenters. The highest BCUT2D eigenvalue weighted by molar-refractivity contribution is 9.08. The molecule has 0 amide bonds. The molecule has 1 aromatic rings. The van der Waals surface area contributed by atoms with Gasteiger partial charge in [0.1, 0.15) is 5.75 Å². The summed E-state index contributed by atoms with van der Waals surface area (Å²) >= 11 is 3.35. The topological polar surface area (TPSA) is 22.1 Å². The predicted octanol–water partition coefficient (Wildman–Crippen LogP) is 3.40. The van der Waals surface area contributed by atoms with Gasteiger partial charge < -0.3 is 4.74 Å². The van der Waals surface area contributed by atoms with Gasteiger partial charge in [0.25, 0.3) is 0 Å². The van der Waals surface area contributed by atoms with Gasteiger partial charge in [0.05, 0.1) is 18.5 Å². The first-order chi connectivity index (χ1) is 6.72. The molecule has 0 N–H and O–H groups in total. The maximum absolute atomic E-state index is 5.54. The lowest BCUT2D eigenvalue weighted by molar-refractivity contribution is 0.288. The standard InChI is InChI=1S/C11H16BrNO/c1-9(2)5-6-14-11-4-3-10(7-12)13-8-11/h3-4,8-9H,5-7H2,1-2H3. The fourth-order valence-electron chi connectivity index (χ4n) is 0.988. The van der Waals surface area contributed by atoms with E-state index in [-0.39, 0.29) is 0 Å². The van der Waals surface area contributed by atoms with Crippen LogP contribution < -0.4 is 4.74 Å². The lowest BCUT2D eigenvalue weighted by Gasteiger charge is -2.07. The molecule has 1 heterocycles. The second-order valence-electron chi connectivity index (χ2n) is 3.65. The number of aromatic nitrogens is 1. The van der Waals surface area contributed by atoms with Crippen LogP contribution in [0.4, 0.5) is 0 Å². The number of halogens is 1. The lowest BCUT2D eigenvalue weighted by Crippen LogP contribution is -2.01. The minimum absolute atomic E-state index is 0.685. The third kappa shape index (κ3) is 4.09. The highest BCUT2D eigenvalue weighted by Crippen LogP contribution is 2.11. The molecule has 14 heavy (non-hydrogen) atoms. The third-order valence-electron chi connectivity index (χ3n) is 1.90. The minimum Gasteiger partial charge on any atom is -0.492 e. The Bertz CT molecular complexity index is 258. The number of nitrogens with zero attached hydrogens (tertiary/aromatic N) is 1. The van der Waals surface area contributed by atoms with Crippen LogP contribution in [0.3, 0.4) is 0 Å². The summed E-state index contributed by atoms with van der Waals surface area (Å²) in [6, 6.07) is 3.93. The van der Waals surface area contributed by atoms with E-state index in [4.69, 9.17) is 4.74 Å². The lowest BCUT2D eigenvalue weighted by atomic mass is 10.1. The van der Waals surface area contributed by atoms with Crippen LogP contribution in [-0.4, -0.2) is 11.6 Å². The highest BCUT2D eigenvalue weighted by Gasteiger charge is 1.97. The zero-order chi connectivity index (χ0) is 10.4. The largest absolute Gasteiger partial charge is 0.492 e. The Labute approximate surface area is 93.8 Å². The number of hydrogen-bond donors (Lipinski definition) is 0. The predicted molar refractivity (Wildman–Crippen MR) is 61.8 cm³/mol. The molecule has 0 radical (unpaired) electrons. The molecule has 0 aliphatic carbocycles. The van der Waals surface area contributed by atoms with Crippen molar-refractivity contribution in [2.45, 2.75) is 25.6 Å². The molecule has 0 aliphatic heterocycles. The van der Waals surface area contributed by atoms with E-state index in [1.807, 2.05) is 12.1 Å². The van der Waals surface area contributed by atoms with E-state index in [0.29, 0.717) is 5.92 Å². The highest BCUT2D eigenvalue weighted by atomic mass is 79.9. The van der Waals surface area contributed by atoms with Gasteiger partial charge in [0, 0.05) is 5.33 Å². The molecule has 0 saturated heterocycles. The van der Waals surface area contributed by atoms with Crippen molar-refractivity contribution in [3.8, 4) is 5.75 Å². The van der Waals surface area contributed by atoms with Crippen molar-refractivity contribution < 1.29 is 4.74 Å². The van der Waals surface area contributed by atoms with Gasteiger partial charge in [0.2, 0.25) is 0 Å². The average molecular weight is 258 g/mol. The first kappa shape index (κ1) is 11.5. The summed E-state index contributed by atoms with van der Waals surface area (Å²) in [4.78, 5) is 4.22. The van der Waals surface area contributed by atoms with Crippen molar-refractivity contribution in [1.29, 1.82) is 0 Å². The molecule has 0 aromatic carbocycles. The molecule has 0 bridgehead atoms. The summed E-state index contributed by atoms with van der Waals surface area (Å²) in [5.74, 6) is 1.54. The van der Waals surface area contributed by atoms with Crippen LogP contribution in [-0.2, 0) is 5.33 Å². The van der Waals surface area contributed by atoms with Gasteiger partial charge in [0.15, 0.2) is 0 Å². The fourth-order valence-corrected chi connectivity index (χ4v) is 1.32. The van der Waals surface area contributed by atoms with E-state index >= 15 is 0 Å². The van der Waals surface area contributed by atoms with Gasteiger partial charge in [-0.3, -0.25) is 4.98 Å². The van der Waals surface area contributed by atoms with Crippen molar-refractivity contribution in [2.24, 2.45) is 5.92 Å². The Hall–Kier alpha value is -0.570. The maximum atomic E-state index is 5.54. The average Bonchev–Trinajstić information content (AvgIpc) is 2.18. The summed E-state index contributed by atoms with van der Waals surface area (Å²) in [6.07, 6.45) is 2.86. The molecule has 0 aliphatic rings. The molecule has 2 nitrogen and oxygen atoms in total. The minimum atomic E-state index is 0.685. The van der Waals surface area contributed by atoms with Crippen LogP contribution in [0.15, 0.2) is 18.3 Å². The quantitative estimate of drug-likeness (QED) is 0.755. The second-order valence-corrected chi connectivity index (χ2v) is 4.21. The summed E-state index contributed by atoms with van der Waals surface area (Å²) in [7, 11) is 0. The molecule has 1 rings (SSSR count). The second kappa shape index (κ2) is 6.02. The zero-order valence-corrected chi connectivity index (χ0v) is 10.3. The fraction of sp³-hybridized carbons (Fsp3) is 0.545. The molecule has 0 unspecified atom stereocenters. The van der Waals surface area contributed by atoms with E-state index < -0.39 is 0 Å². The Morgan fingerprint density at radius 1 is 1.43 bits per heavy atom. The van der Waals surface area contributed by atoms with Crippen molar-refractivity contribution in [3.63, 3.8) is 0 Å². The SMILES string of the molecule is CC(C)CCOc1ccc(CBr)nc1. The Balaban J connectivity index is 2.36. The van der Waals surface area contributed by atoms with E-state index in [2.05, 4.69) is 34.8 Å². The summed E-state index contributed by atoms with van der Waals surface area (Å²) in [5, 5.41) is 0.791. The third-order valence-corrected chi connectivity index (χ3v) is 2.47. The molecular formula is C11H16BrNO. The number of ether oxygens (including phenoxy) is 1. The molecule has 0 fully saturated rings. The molecule has 0 saturated carbocycles. The van der Waals surface area contributed by atoms with Gasteiger partial charge in [-0.05, 0) is 24.5 Å². The summed E-state index contributed by atoms with van der Waals surface area (Å²) < 4.78 is 5.54. The van der Waals surface area contributed by atoms with Gasteiger partial charge in [-0.25, -0.2) is 0 Å². The molecule has 3 heteroatoms. The van der Waals surface area contributed by atoms with Crippen LogP contribution >= 0.6 is 15.9 Å². The number of alkyl halides is 1. The van der Waals surface area contributed by atoms with Crippen molar-refractivity contribution in [3.05, 3.63) is 24.0 Å². The Morgan fingerprint density at radius 3 is 2.71 bits per heavy atom.